The Morgan fingerprint density at radius 1 is 1.11 bits per heavy atom. The first-order valence-electron chi connectivity index (χ1n) is 11.5. The van der Waals surface area contributed by atoms with E-state index in [1.165, 1.54) is 29.2 Å². The predicted octanol–water partition coefficient (Wildman–Crippen LogP) is 5.07. The van der Waals surface area contributed by atoms with Gasteiger partial charge in [0.2, 0.25) is 0 Å². The van der Waals surface area contributed by atoms with E-state index in [1.54, 1.807) is 6.08 Å². The SMILES string of the molecule is C=CCOc1ccccc1CN1CCC2(CC1)CN(C(=O)c1ccc(Cl)cc1)C2OC(=O)C(F)(F)F. The maximum absolute atomic E-state index is 13.0. The third-order valence-corrected chi connectivity index (χ3v) is 6.92. The highest BCUT2D eigenvalue weighted by Gasteiger charge is 2.59. The standard InChI is InChI=1S/C26H26ClF3N2O4/c1-2-15-35-21-6-4-3-5-19(21)16-31-13-11-25(12-14-31)17-32(23(25)36-24(34)26(28,29)30)22(33)18-7-9-20(27)10-8-18/h2-10,23H,1,11-17H2. The number of amides is 1. The van der Waals surface area contributed by atoms with E-state index in [4.69, 9.17) is 21.1 Å². The van der Waals surface area contributed by atoms with Crippen LogP contribution in [-0.2, 0) is 16.1 Å². The number of rotatable bonds is 7. The number of carbonyl (C=O) groups excluding carboxylic acids is 2. The molecule has 2 aliphatic heterocycles. The molecule has 0 radical (unpaired) electrons. The first-order chi connectivity index (χ1) is 17.1. The number of hydrogen-bond donors (Lipinski definition) is 0. The lowest BCUT2D eigenvalue weighted by molar-refractivity contribution is -0.248. The summed E-state index contributed by atoms with van der Waals surface area (Å²) in [5.74, 6) is -2.05. The Morgan fingerprint density at radius 3 is 2.42 bits per heavy atom. The van der Waals surface area contributed by atoms with Crippen molar-refractivity contribution >= 4 is 23.5 Å². The Bertz CT molecular complexity index is 1110. The lowest BCUT2D eigenvalue weighted by Crippen LogP contribution is -2.70. The van der Waals surface area contributed by atoms with Gasteiger partial charge >= 0.3 is 12.1 Å². The number of likely N-dealkylation sites (tertiary alicyclic amines) is 2. The van der Waals surface area contributed by atoms with Crippen molar-refractivity contribution in [2.45, 2.75) is 31.8 Å². The molecule has 1 atom stereocenters. The van der Waals surface area contributed by atoms with Crippen molar-refractivity contribution in [1.29, 1.82) is 0 Å². The number of para-hydroxylation sites is 1. The Kier molecular flexibility index (Phi) is 7.61. The fourth-order valence-corrected chi connectivity index (χ4v) is 4.86. The third kappa shape index (κ3) is 5.52. The van der Waals surface area contributed by atoms with Crippen LogP contribution in [0.4, 0.5) is 13.2 Å². The molecule has 1 spiro atoms. The number of benzene rings is 2. The van der Waals surface area contributed by atoms with Gasteiger partial charge in [-0.05, 0) is 56.3 Å². The minimum atomic E-state index is -5.15. The minimum Gasteiger partial charge on any atom is -0.489 e. The molecule has 2 aromatic carbocycles. The molecule has 2 saturated heterocycles. The van der Waals surface area contributed by atoms with Gasteiger partial charge in [0, 0.05) is 34.7 Å². The number of piperidine rings is 1. The molecule has 0 saturated carbocycles. The van der Waals surface area contributed by atoms with Crippen LogP contribution in [0, 0.1) is 5.41 Å². The fourth-order valence-electron chi connectivity index (χ4n) is 4.74. The summed E-state index contributed by atoms with van der Waals surface area (Å²) in [6.45, 7) is 5.98. The van der Waals surface area contributed by atoms with Crippen LogP contribution in [0.25, 0.3) is 0 Å². The lowest BCUT2D eigenvalue weighted by Gasteiger charge is -2.58. The molecule has 1 amide bonds. The van der Waals surface area contributed by atoms with Gasteiger partial charge in [0.15, 0.2) is 6.23 Å². The molecule has 36 heavy (non-hydrogen) atoms. The van der Waals surface area contributed by atoms with Gasteiger partial charge in [0.1, 0.15) is 12.4 Å². The number of hydrogen-bond acceptors (Lipinski definition) is 5. The molecule has 4 rings (SSSR count). The predicted molar refractivity (Wildman–Crippen MR) is 128 cm³/mol. The molecular weight excluding hydrogens is 497 g/mol. The largest absolute Gasteiger partial charge is 0.491 e. The molecule has 0 aromatic heterocycles. The van der Waals surface area contributed by atoms with Crippen LogP contribution in [0.5, 0.6) is 5.75 Å². The monoisotopic (exact) mass is 522 g/mol. The zero-order valence-corrected chi connectivity index (χ0v) is 20.2. The average Bonchev–Trinajstić information content (AvgIpc) is 2.85. The van der Waals surface area contributed by atoms with E-state index >= 15 is 0 Å². The zero-order chi connectivity index (χ0) is 25.9. The van der Waals surface area contributed by atoms with Gasteiger partial charge in [-0.3, -0.25) is 9.69 Å². The van der Waals surface area contributed by atoms with Gasteiger partial charge in [-0.25, -0.2) is 4.79 Å². The van der Waals surface area contributed by atoms with Gasteiger partial charge in [-0.15, -0.1) is 0 Å². The summed E-state index contributed by atoms with van der Waals surface area (Å²) in [4.78, 5) is 28.1. The van der Waals surface area contributed by atoms with Crippen LogP contribution in [0.15, 0.2) is 61.2 Å². The van der Waals surface area contributed by atoms with Crippen LogP contribution < -0.4 is 4.74 Å². The summed E-state index contributed by atoms with van der Waals surface area (Å²) in [6, 6.07) is 13.7. The highest BCUT2D eigenvalue weighted by molar-refractivity contribution is 6.30. The molecule has 6 nitrogen and oxygen atoms in total. The lowest BCUT2D eigenvalue weighted by atomic mass is 9.69. The number of nitrogens with zero attached hydrogens (tertiary/aromatic N) is 2. The molecule has 2 heterocycles. The Morgan fingerprint density at radius 2 is 1.78 bits per heavy atom. The summed E-state index contributed by atoms with van der Waals surface area (Å²) in [5.41, 5.74) is 0.512. The van der Waals surface area contributed by atoms with Crippen molar-refractivity contribution in [2.75, 3.05) is 26.2 Å². The maximum atomic E-state index is 13.0. The second kappa shape index (κ2) is 10.5. The van der Waals surface area contributed by atoms with Crippen LogP contribution >= 0.6 is 11.6 Å². The molecule has 10 heteroatoms. The smallest absolute Gasteiger partial charge is 0.489 e. The molecular formula is C26H26ClF3N2O4. The van der Waals surface area contributed by atoms with Gasteiger partial charge in [-0.2, -0.15) is 13.2 Å². The van der Waals surface area contributed by atoms with E-state index in [0.717, 1.165) is 11.3 Å². The van der Waals surface area contributed by atoms with Crippen molar-refractivity contribution < 1.29 is 32.2 Å². The number of alkyl halides is 3. The van der Waals surface area contributed by atoms with Crippen LogP contribution in [-0.4, -0.2) is 60.3 Å². The van der Waals surface area contributed by atoms with Crippen molar-refractivity contribution in [2.24, 2.45) is 5.41 Å². The number of ether oxygens (including phenoxy) is 2. The maximum Gasteiger partial charge on any atom is 0.491 e. The van der Waals surface area contributed by atoms with E-state index in [1.807, 2.05) is 24.3 Å². The molecule has 2 aliphatic rings. The van der Waals surface area contributed by atoms with Crippen molar-refractivity contribution in [3.63, 3.8) is 0 Å². The van der Waals surface area contributed by atoms with Crippen molar-refractivity contribution in [3.8, 4) is 5.75 Å². The summed E-state index contributed by atoms with van der Waals surface area (Å²) >= 11 is 5.88. The van der Waals surface area contributed by atoms with E-state index in [9.17, 15) is 22.8 Å². The zero-order valence-electron chi connectivity index (χ0n) is 19.5. The molecule has 192 valence electrons. The van der Waals surface area contributed by atoms with E-state index in [2.05, 4.69) is 11.5 Å². The quantitative estimate of drug-likeness (QED) is 0.375. The van der Waals surface area contributed by atoms with Crippen LogP contribution in [0.3, 0.4) is 0 Å². The Labute approximate surface area is 212 Å². The first kappa shape index (κ1) is 26.0. The highest BCUT2D eigenvalue weighted by Crippen LogP contribution is 2.48. The minimum absolute atomic E-state index is 0.205. The Hall–Kier alpha value is -3.04. The van der Waals surface area contributed by atoms with E-state index in [-0.39, 0.29) is 12.1 Å². The summed E-state index contributed by atoms with van der Waals surface area (Å²) in [5, 5.41) is 0.426. The number of halogens is 4. The molecule has 1 unspecified atom stereocenters. The van der Waals surface area contributed by atoms with E-state index in [0.29, 0.717) is 44.1 Å². The third-order valence-electron chi connectivity index (χ3n) is 6.67. The molecule has 2 aromatic rings. The highest BCUT2D eigenvalue weighted by atomic mass is 35.5. The summed E-state index contributed by atoms with van der Waals surface area (Å²) in [7, 11) is 0. The fraction of sp³-hybridized carbons (Fsp3) is 0.385. The van der Waals surface area contributed by atoms with Crippen LogP contribution in [0.2, 0.25) is 5.02 Å². The molecule has 2 fully saturated rings. The molecule has 0 bridgehead atoms. The van der Waals surface area contributed by atoms with Crippen molar-refractivity contribution in [1.82, 2.24) is 9.80 Å². The van der Waals surface area contributed by atoms with E-state index < -0.39 is 29.7 Å². The summed E-state index contributed by atoms with van der Waals surface area (Å²) in [6.07, 6.45) is -3.83. The van der Waals surface area contributed by atoms with Gasteiger partial charge in [0.05, 0.1) is 0 Å². The van der Waals surface area contributed by atoms with Gasteiger partial charge in [-0.1, -0.05) is 42.5 Å². The second-order valence-corrected chi connectivity index (χ2v) is 9.48. The molecule has 0 N–H and O–H groups in total. The topological polar surface area (TPSA) is 59.1 Å². The van der Waals surface area contributed by atoms with Gasteiger partial charge < -0.3 is 14.4 Å². The number of carbonyl (C=O) groups is 2. The number of esters is 1. The average molecular weight is 523 g/mol. The molecule has 0 aliphatic carbocycles. The summed E-state index contributed by atoms with van der Waals surface area (Å²) < 4.78 is 49.7. The first-order valence-corrected chi connectivity index (χ1v) is 11.9. The normalized spacial score (nSPS) is 19.4. The van der Waals surface area contributed by atoms with Gasteiger partial charge in [0.25, 0.3) is 5.91 Å². The second-order valence-electron chi connectivity index (χ2n) is 9.04. The Balaban J connectivity index is 1.46. The van der Waals surface area contributed by atoms with Crippen LogP contribution in [0.1, 0.15) is 28.8 Å². The van der Waals surface area contributed by atoms with Crippen molar-refractivity contribution in [3.05, 3.63) is 77.3 Å².